The first-order valence-electron chi connectivity index (χ1n) is 11.6. The Bertz CT molecular complexity index is 732. The van der Waals surface area contributed by atoms with Gasteiger partial charge in [0.2, 0.25) is 11.8 Å². The van der Waals surface area contributed by atoms with Crippen LogP contribution in [0.5, 0.6) is 5.75 Å². The first kappa shape index (κ1) is 23.5. The van der Waals surface area contributed by atoms with Crippen LogP contribution in [0, 0.1) is 0 Å². The van der Waals surface area contributed by atoms with Gasteiger partial charge in [-0.15, -0.1) is 0 Å². The maximum atomic E-state index is 12.5. The van der Waals surface area contributed by atoms with E-state index < -0.39 is 0 Å². The van der Waals surface area contributed by atoms with Crippen molar-refractivity contribution in [1.82, 2.24) is 15.1 Å². The summed E-state index contributed by atoms with van der Waals surface area (Å²) >= 11 is 0. The van der Waals surface area contributed by atoms with Crippen molar-refractivity contribution in [3.63, 3.8) is 0 Å². The van der Waals surface area contributed by atoms with E-state index in [1.165, 1.54) is 0 Å². The second-order valence-electron chi connectivity index (χ2n) is 8.69. The number of aryl methyl sites for hydroxylation is 1. The van der Waals surface area contributed by atoms with Gasteiger partial charge in [0.15, 0.2) is 0 Å². The van der Waals surface area contributed by atoms with Crippen LogP contribution in [0.2, 0.25) is 0 Å². The summed E-state index contributed by atoms with van der Waals surface area (Å²) in [4.78, 5) is 28.9. The zero-order chi connectivity index (χ0) is 22.1. The number of rotatable bonds is 4. The molecule has 0 saturated carbocycles. The third kappa shape index (κ3) is 7.51. The third-order valence-corrected chi connectivity index (χ3v) is 5.97. The molecular formula is C24H37N3O4. The lowest BCUT2D eigenvalue weighted by molar-refractivity contribution is -0.135. The van der Waals surface area contributed by atoms with E-state index in [1.54, 1.807) is 0 Å². The van der Waals surface area contributed by atoms with E-state index in [0.717, 1.165) is 42.7 Å². The molecule has 31 heavy (non-hydrogen) atoms. The van der Waals surface area contributed by atoms with Gasteiger partial charge in [0.05, 0.1) is 26.4 Å². The average Bonchev–Trinajstić information content (AvgIpc) is 2.78. The maximum absolute atomic E-state index is 12.5. The van der Waals surface area contributed by atoms with Crippen molar-refractivity contribution >= 4 is 11.8 Å². The normalized spacial score (nSPS) is 19.5. The van der Waals surface area contributed by atoms with E-state index >= 15 is 0 Å². The molecule has 172 valence electrons. The summed E-state index contributed by atoms with van der Waals surface area (Å²) in [6, 6.07) is 6.47. The van der Waals surface area contributed by atoms with E-state index in [0.29, 0.717) is 58.8 Å². The number of hydrogen-bond donors (Lipinski definition) is 1. The van der Waals surface area contributed by atoms with Crippen LogP contribution in [0.3, 0.4) is 0 Å². The van der Waals surface area contributed by atoms with Crippen LogP contribution in [0.1, 0.15) is 50.7 Å². The molecule has 2 heterocycles. The zero-order valence-electron chi connectivity index (χ0n) is 19.0. The van der Waals surface area contributed by atoms with E-state index in [1.807, 2.05) is 11.0 Å². The Morgan fingerprint density at radius 1 is 1.10 bits per heavy atom. The molecule has 2 aliphatic rings. The summed E-state index contributed by atoms with van der Waals surface area (Å²) in [5, 5.41) is 3.03. The molecule has 0 bridgehead atoms. The number of carbonyl (C=O) groups excluding carboxylic acids is 2. The lowest BCUT2D eigenvalue weighted by atomic mass is 10.0. The second-order valence-corrected chi connectivity index (χ2v) is 8.69. The number of nitrogens with one attached hydrogen (secondary N) is 1. The van der Waals surface area contributed by atoms with Crippen LogP contribution in [-0.2, 0) is 27.3 Å². The smallest absolute Gasteiger partial charge is 0.234 e. The number of benzene rings is 1. The van der Waals surface area contributed by atoms with Crippen molar-refractivity contribution in [3.05, 3.63) is 29.3 Å². The molecule has 7 heteroatoms. The van der Waals surface area contributed by atoms with Crippen molar-refractivity contribution in [1.29, 1.82) is 0 Å². The summed E-state index contributed by atoms with van der Waals surface area (Å²) in [5.41, 5.74) is 2.21. The highest BCUT2D eigenvalue weighted by Crippen LogP contribution is 2.24. The lowest BCUT2D eigenvalue weighted by Gasteiger charge is -2.27. The number of hydrogen-bond acceptors (Lipinski definition) is 5. The molecule has 1 fully saturated rings. The van der Waals surface area contributed by atoms with E-state index in [9.17, 15) is 9.59 Å². The van der Waals surface area contributed by atoms with Gasteiger partial charge in [-0.1, -0.05) is 12.1 Å². The summed E-state index contributed by atoms with van der Waals surface area (Å²) in [7, 11) is 0. The number of nitrogens with zero attached hydrogens (tertiary/aromatic N) is 2. The monoisotopic (exact) mass is 431 g/mol. The van der Waals surface area contributed by atoms with Gasteiger partial charge in [-0.3, -0.25) is 14.5 Å². The van der Waals surface area contributed by atoms with Gasteiger partial charge in [0.1, 0.15) is 5.75 Å². The van der Waals surface area contributed by atoms with Crippen LogP contribution in [-0.4, -0.2) is 73.7 Å². The summed E-state index contributed by atoms with van der Waals surface area (Å²) in [6.07, 6.45) is 4.17. The van der Waals surface area contributed by atoms with Crippen molar-refractivity contribution in [2.75, 3.05) is 46.0 Å². The predicted octanol–water partition coefficient (Wildman–Crippen LogP) is 2.37. The zero-order valence-corrected chi connectivity index (χ0v) is 19.0. The molecular weight excluding hydrogens is 394 g/mol. The topological polar surface area (TPSA) is 71.1 Å². The summed E-state index contributed by atoms with van der Waals surface area (Å²) < 4.78 is 11.4. The first-order valence-corrected chi connectivity index (χ1v) is 11.6. The minimum atomic E-state index is 0.0719. The van der Waals surface area contributed by atoms with E-state index in [4.69, 9.17) is 9.47 Å². The molecule has 1 aromatic rings. The molecule has 1 aromatic carbocycles. The predicted molar refractivity (Wildman–Crippen MR) is 120 cm³/mol. The quantitative estimate of drug-likeness (QED) is 0.793. The van der Waals surface area contributed by atoms with E-state index in [-0.39, 0.29) is 17.9 Å². The van der Waals surface area contributed by atoms with Crippen LogP contribution in [0.15, 0.2) is 18.2 Å². The molecule has 0 radical (unpaired) electrons. The molecule has 0 aromatic heterocycles. The average molecular weight is 432 g/mol. The Morgan fingerprint density at radius 2 is 1.90 bits per heavy atom. The highest BCUT2D eigenvalue weighted by atomic mass is 16.5. The van der Waals surface area contributed by atoms with Crippen molar-refractivity contribution < 1.29 is 19.1 Å². The van der Waals surface area contributed by atoms with E-state index in [2.05, 4.69) is 36.2 Å². The molecule has 1 N–H and O–H groups in total. The van der Waals surface area contributed by atoms with Crippen molar-refractivity contribution in [3.8, 4) is 5.75 Å². The van der Waals surface area contributed by atoms with Gasteiger partial charge in [-0.2, -0.15) is 0 Å². The Balaban J connectivity index is 1.71. The van der Waals surface area contributed by atoms with Crippen LogP contribution >= 0.6 is 0 Å². The van der Waals surface area contributed by atoms with Crippen molar-refractivity contribution in [2.45, 2.75) is 58.5 Å². The Labute approximate surface area is 186 Å². The molecule has 3 rings (SSSR count). The molecule has 7 nitrogen and oxygen atoms in total. The number of carbonyl (C=O) groups is 2. The fourth-order valence-electron chi connectivity index (χ4n) is 3.97. The molecule has 0 aliphatic carbocycles. The minimum Gasteiger partial charge on any atom is -0.493 e. The van der Waals surface area contributed by atoms with Crippen LogP contribution in [0.4, 0.5) is 0 Å². The van der Waals surface area contributed by atoms with Crippen LogP contribution in [0.25, 0.3) is 0 Å². The molecule has 2 amide bonds. The standard InChI is InChI=1S/C24H37N3O4/c1-19(2)27-17-21-16-20(7-9-24(29)26-11-14-30-15-12-26)6-8-22(21)31-13-5-3-4-10-25-23(28)18-27/h6,8,16,19H,3-5,7,9-15,17-18H2,1-2H3,(H,25,28). The summed E-state index contributed by atoms with van der Waals surface area (Å²) in [5.74, 6) is 1.14. The Hall–Kier alpha value is -2.12. The summed E-state index contributed by atoms with van der Waals surface area (Å²) in [6.45, 7) is 9.25. The minimum absolute atomic E-state index is 0.0719. The molecule has 0 spiro atoms. The highest BCUT2D eigenvalue weighted by Gasteiger charge is 2.19. The molecule has 2 aliphatic heterocycles. The van der Waals surface area contributed by atoms with Gasteiger partial charge in [-0.05, 0) is 51.2 Å². The third-order valence-electron chi connectivity index (χ3n) is 5.97. The highest BCUT2D eigenvalue weighted by molar-refractivity contribution is 5.78. The van der Waals surface area contributed by atoms with Gasteiger partial charge in [0.25, 0.3) is 0 Å². The fraction of sp³-hybridized carbons (Fsp3) is 0.667. The fourth-order valence-corrected chi connectivity index (χ4v) is 3.97. The lowest BCUT2D eigenvalue weighted by Crippen LogP contribution is -2.40. The van der Waals surface area contributed by atoms with Crippen LogP contribution < -0.4 is 10.1 Å². The molecule has 0 atom stereocenters. The first-order chi connectivity index (χ1) is 15.0. The van der Waals surface area contributed by atoms with Gasteiger partial charge in [-0.25, -0.2) is 0 Å². The Morgan fingerprint density at radius 3 is 2.68 bits per heavy atom. The van der Waals surface area contributed by atoms with Crippen molar-refractivity contribution in [2.24, 2.45) is 0 Å². The number of morpholine rings is 1. The largest absolute Gasteiger partial charge is 0.493 e. The number of amides is 2. The van der Waals surface area contributed by atoms with Gasteiger partial charge in [0, 0.05) is 44.2 Å². The SMILES string of the molecule is CC(C)N1CC(=O)NCCCCCOc2ccc(CCC(=O)N3CCOCC3)cc2C1. The van der Waals surface area contributed by atoms with Gasteiger partial charge >= 0.3 is 0 Å². The number of ether oxygens (including phenoxy) is 2. The molecule has 1 saturated heterocycles. The maximum Gasteiger partial charge on any atom is 0.234 e. The molecule has 0 unspecified atom stereocenters. The Kier molecular flexibility index (Phi) is 9.15. The number of fused-ring (bicyclic) bond motifs is 1. The van der Waals surface area contributed by atoms with Gasteiger partial charge < -0.3 is 19.7 Å². The second kappa shape index (κ2) is 12.1.